The van der Waals surface area contributed by atoms with Crippen molar-refractivity contribution in [3.8, 4) is 11.1 Å². The second-order valence-corrected chi connectivity index (χ2v) is 7.60. The number of anilines is 1. The topological polar surface area (TPSA) is 44.4 Å². The first-order valence-corrected chi connectivity index (χ1v) is 10.2. The molecule has 0 saturated carbocycles. The standard InChI is InChI=1S/C21H25Cl2N3O/c22-19-7-4-6-18(20(19)23)16-8-10-17(11-9-16)25-21(27)24-12-5-15-26-13-2-1-3-14-26/h4,6-11H,1-3,5,12-15H2,(H2,24,25,27). The summed E-state index contributed by atoms with van der Waals surface area (Å²) in [5, 5.41) is 6.84. The Balaban J connectivity index is 1.45. The average molecular weight is 406 g/mol. The van der Waals surface area contributed by atoms with Crippen LogP contribution in [-0.4, -0.2) is 37.1 Å². The van der Waals surface area contributed by atoms with Crippen molar-refractivity contribution < 1.29 is 4.79 Å². The number of likely N-dealkylation sites (tertiary alicyclic amines) is 1. The van der Waals surface area contributed by atoms with Crippen LogP contribution in [0.3, 0.4) is 0 Å². The molecule has 2 aromatic rings. The number of nitrogens with one attached hydrogen (secondary N) is 2. The molecular formula is C21H25Cl2N3O. The lowest BCUT2D eigenvalue weighted by Gasteiger charge is -2.26. The molecule has 0 radical (unpaired) electrons. The summed E-state index contributed by atoms with van der Waals surface area (Å²) < 4.78 is 0. The van der Waals surface area contributed by atoms with Crippen molar-refractivity contribution in [1.82, 2.24) is 10.2 Å². The van der Waals surface area contributed by atoms with E-state index in [0.717, 1.165) is 29.8 Å². The third kappa shape index (κ3) is 5.86. The molecule has 1 fully saturated rings. The summed E-state index contributed by atoms with van der Waals surface area (Å²) in [6, 6.07) is 12.9. The Kier molecular flexibility index (Phi) is 7.39. The lowest BCUT2D eigenvalue weighted by atomic mass is 10.1. The third-order valence-electron chi connectivity index (χ3n) is 4.79. The number of amides is 2. The molecule has 0 unspecified atom stereocenters. The Hall–Kier alpha value is -1.75. The van der Waals surface area contributed by atoms with Crippen LogP contribution in [0.15, 0.2) is 42.5 Å². The third-order valence-corrected chi connectivity index (χ3v) is 5.61. The van der Waals surface area contributed by atoms with Crippen LogP contribution in [0.4, 0.5) is 10.5 Å². The molecule has 1 heterocycles. The maximum Gasteiger partial charge on any atom is 0.319 e. The Bertz CT molecular complexity index is 759. The van der Waals surface area contributed by atoms with Crippen LogP contribution in [0.2, 0.25) is 10.0 Å². The number of piperidine rings is 1. The zero-order chi connectivity index (χ0) is 19.1. The lowest BCUT2D eigenvalue weighted by Crippen LogP contribution is -2.34. The fraction of sp³-hybridized carbons (Fsp3) is 0.381. The molecule has 0 atom stereocenters. The van der Waals surface area contributed by atoms with Gasteiger partial charge in [-0.05, 0) is 62.7 Å². The molecule has 2 aromatic carbocycles. The summed E-state index contributed by atoms with van der Waals surface area (Å²) in [7, 11) is 0. The molecule has 0 aliphatic carbocycles. The zero-order valence-corrected chi connectivity index (χ0v) is 16.8. The van der Waals surface area contributed by atoms with Gasteiger partial charge in [0.05, 0.1) is 10.0 Å². The second kappa shape index (κ2) is 9.98. The molecule has 0 spiro atoms. The lowest BCUT2D eigenvalue weighted by molar-refractivity contribution is 0.224. The van der Waals surface area contributed by atoms with Crippen LogP contribution < -0.4 is 10.6 Å². The SMILES string of the molecule is O=C(NCCCN1CCCCC1)Nc1ccc(-c2cccc(Cl)c2Cl)cc1. The van der Waals surface area contributed by atoms with Crippen molar-refractivity contribution in [3.63, 3.8) is 0 Å². The van der Waals surface area contributed by atoms with E-state index in [4.69, 9.17) is 23.2 Å². The van der Waals surface area contributed by atoms with E-state index in [0.29, 0.717) is 16.6 Å². The quantitative estimate of drug-likeness (QED) is 0.608. The fourth-order valence-electron chi connectivity index (χ4n) is 3.32. The minimum absolute atomic E-state index is 0.179. The number of hydrogen-bond donors (Lipinski definition) is 2. The molecule has 4 nitrogen and oxygen atoms in total. The average Bonchev–Trinajstić information content (AvgIpc) is 2.69. The molecule has 1 aliphatic heterocycles. The first kappa shape index (κ1) is 20.0. The van der Waals surface area contributed by atoms with Crippen molar-refractivity contribution in [1.29, 1.82) is 0 Å². The van der Waals surface area contributed by atoms with E-state index in [1.165, 1.54) is 32.4 Å². The predicted octanol–water partition coefficient (Wildman–Crippen LogP) is 5.66. The maximum atomic E-state index is 12.0. The largest absolute Gasteiger partial charge is 0.338 e. The Morgan fingerprint density at radius 2 is 1.74 bits per heavy atom. The molecule has 0 bridgehead atoms. The Morgan fingerprint density at radius 1 is 1.00 bits per heavy atom. The molecule has 2 amide bonds. The number of carbonyl (C=O) groups is 1. The van der Waals surface area contributed by atoms with Gasteiger partial charge in [-0.15, -0.1) is 0 Å². The summed E-state index contributed by atoms with van der Waals surface area (Å²) >= 11 is 12.3. The van der Waals surface area contributed by atoms with Crippen molar-refractivity contribution in [2.75, 3.05) is 31.5 Å². The highest BCUT2D eigenvalue weighted by Gasteiger charge is 2.10. The summed E-state index contributed by atoms with van der Waals surface area (Å²) in [6.07, 6.45) is 4.91. The molecule has 144 valence electrons. The normalized spacial score (nSPS) is 14.7. The van der Waals surface area contributed by atoms with Crippen molar-refractivity contribution >= 4 is 34.9 Å². The van der Waals surface area contributed by atoms with Gasteiger partial charge >= 0.3 is 6.03 Å². The molecule has 1 saturated heterocycles. The van der Waals surface area contributed by atoms with Gasteiger partial charge in [0.1, 0.15) is 0 Å². The van der Waals surface area contributed by atoms with Gasteiger partial charge in [-0.1, -0.05) is 53.9 Å². The van der Waals surface area contributed by atoms with Gasteiger partial charge in [0.2, 0.25) is 0 Å². The van der Waals surface area contributed by atoms with Crippen LogP contribution in [0.5, 0.6) is 0 Å². The summed E-state index contributed by atoms with van der Waals surface area (Å²) in [6.45, 7) is 4.11. The van der Waals surface area contributed by atoms with Crippen LogP contribution >= 0.6 is 23.2 Å². The first-order valence-electron chi connectivity index (χ1n) is 9.45. The molecule has 1 aliphatic rings. The fourth-order valence-corrected chi connectivity index (χ4v) is 3.73. The summed E-state index contributed by atoms with van der Waals surface area (Å²) in [5.74, 6) is 0. The van der Waals surface area contributed by atoms with E-state index in [1.54, 1.807) is 6.07 Å². The van der Waals surface area contributed by atoms with E-state index in [2.05, 4.69) is 15.5 Å². The number of rotatable bonds is 6. The predicted molar refractivity (Wildman–Crippen MR) is 114 cm³/mol. The summed E-state index contributed by atoms with van der Waals surface area (Å²) in [5.41, 5.74) is 2.57. The number of carbonyl (C=O) groups excluding carboxylic acids is 1. The molecule has 3 rings (SSSR count). The van der Waals surface area contributed by atoms with Gasteiger partial charge in [0, 0.05) is 17.8 Å². The highest BCUT2D eigenvalue weighted by molar-refractivity contribution is 6.43. The summed E-state index contributed by atoms with van der Waals surface area (Å²) in [4.78, 5) is 14.5. The van der Waals surface area contributed by atoms with Crippen LogP contribution in [0, 0.1) is 0 Å². The van der Waals surface area contributed by atoms with Gasteiger partial charge < -0.3 is 15.5 Å². The van der Waals surface area contributed by atoms with Crippen molar-refractivity contribution in [2.45, 2.75) is 25.7 Å². The molecule has 0 aromatic heterocycles. The first-order chi connectivity index (χ1) is 13.1. The van der Waals surface area contributed by atoms with E-state index >= 15 is 0 Å². The van der Waals surface area contributed by atoms with Crippen LogP contribution in [-0.2, 0) is 0 Å². The van der Waals surface area contributed by atoms with Gasteiger partial charge in [0.25, 0.3) is 0 Å². The van der Waals surface area contributed by atoms with Crippen molar-refractivity contribution in [2.24, 2.45) is 0 Å². The van der Waals surface area contributed by atoms with Crippen LogP contribution in [0.25, 0.3) is 11.1 Å². The minimum atomic E-state index is -0.179. The van der Waals surface area contributed by atoms with Crippen LogP contribution in [0.1, 0.15) is 25.7 Å². The van der Waals surface area contributed by atoms with E-state index in [1.807, 2.05) is 36.4 Å². The number of urea groups is 1. The van der Waals surface area contributed by atoms with Gasteiger partial charge in [0.15, 0.2) is 0 Å². The number of nitrogens with zero attached hydrogens (tertiary/aromatic N) is 1. The zero-order valence-electron chi connectivity index (χ0n) is 15.3. The molecule has 6 heteroatoms. The van der Waals surface area contributed by atoms with Gasteiger partial charge in [-0.3, -0.25) is 0 Å². The van der Waals surface area contributed by atoms with E-state index < -0.39 is 0 Å². The van der Waals surface area contributed by atoms with E-state index in [-0.39, 0.29) is 6.03 Å². The highest BCUT2D eigenvalue weighted by atomic mass is 35.5. The molecule has 27 heavy (non-hydrogen) atoms. The maximum absolute atomic E-state index is 12.0. The number of hydrogen-bond acceptors (Lipinski definition) is 2. The number of benzene rings is 2. The van der Waals surface area contributed by atoms with Gasteiger partial charge in [-0.2, -0.15) is 0 Å². The van der Waals surface area contributed by atoms with E-state index in [9.17, 15) is 4.79 Å². The van der Waals surface area contributed by atoms with Crippen molar-refractivity contribution in [3.05, 3.63) is 52.5 Å². The highest BCUT2D eigenvalue weighted by Crippen LogP contribution is 2.33. The Morgan fingerprint density at radius 3 is 2.48 bits per heavy atom. The number of halogens is 2. The minimum Gasteiger partial charge on any atom is -0.338 e. The molecular weight excluding hydrogens is 381 g/mol. The molecule has 2 N–H and O–H groups in total. The van der Waals surface area contributed by atoms with Gasteiger partial charge in [-0.25, -0.2) is 4.79 Å². The smallest absolute Gasteiger partial charge is 0.319 e. The Labute approximate surface area is 170 Å². The second-order valence-electron chi connectivity index (χ2n) is 6.82. The monoisotopic (exact) mass is 405 g/mol.